The molecule has 0 spiro atoms. The molecule has 2 aromatic carbocycles. The predicted octanol–water partition coefficient (Wildman–Crippen LogP) is 3.53. The van der Waals surface area contributed by atoms with Gasteiger partial charge in [-0.1, -0.05) is 55.0 Å². The van der Waals surface area contributed by atoms with Gasteiger partial charge in [0.15, 0.2) is 6.04 Å². The van der Waals surface area contributed by atoms with Crippen LogP contribution in [0.25, 0.3) is 11.1 Å². The second-order valence-electron chi connectivity index (χ2n) is 7.05. The third-order valence-corrected chi connectivity index (χ3v) is 5.27. The molecule has 0 bridgehead atoms. The molecule has 1 atom stereocenters. The van der Waals surface area contributed by atoms with Crippen molar-refractivity contribution in [1.82, 2.24) is 0 Å². The van der Waals surface area contributed by atoms with Crippen molar-refractivity contribution in [2.24, 2.45) is 0 Å². The summed E-state index contributed by atoms with van der Waals surface area (Å²) in [4.78, 5) is 14.3. The van der Waals surface area contributed by atoms with Gasteiger partial charge in [0.05, 0.1) is 13.1 Å². The standard InChI is InChI=1S/C22H28N2O/c1-18(24-16-10-3-2-4-11-17-24)22(25)23-21-15-9-8-14-20(21)19-12-6-5-7-13-19/h5-9,12-15,18H,2-4,10-11,16-17H2,1H3,(H,23,25)/p+1/t18-/m1/s1. The SMILES string of the molecule is C[C@H](C(=O)Nc1ccccc1-c1ccccc1)[NH+]1CCCCCCC1. The van der Waals surface area contributed by atoms with E-state index in [9.17, 15) is 4.79 Å². The number of quaternary nitrogens is 1. The smallest absolute Gasteiger partial charge is 0.282 e. The molecule has 0 aliphatic carbocycles. The molecule has 0 unspecified atom stereocenters. The van der Waals surface area contributed by atoms with Gasteiger partial charge in [-0.2, -0.15) is 0 Å². The van der Waals surface area contributed by atoms with Crippen molar-refractivity contribution in [1.29, 1.82) is 0 Å². The highest BCUT2D eigenvalue weighted by atomic mass is 16.2. The topological polar surface area (TPSA) is 33.5 Å². The number of carbonyl (C=O) groups is 1. The van der Waals surface area contributed by atoms with Gasteiger partial charge in [-0.05, 0) is 44.2 Å². The van der Waals surface area contributed by atoms with E-state index < -0.39 is 0 Å². The zero-order chi connectivity index (χ0) is 17.5. The summed E-state index contributed by atoms with van der Waals surface area (Å²) < 4.78 is 0. The number of rotatable bonds is 4. The van der Waals surface area contributed by atoms with E-state index in [1.165, 1.54) is 37.0 Å². The molecular formula is C22H29N2O+. The van der Waals surface area contributed by atoms with E-state index in [2.05, 4.69) is 30.4 Å². The number of benzene rings is 2. The Hall–Kier alpha value is -2.13. The first-order valence-electron chi connectivity index (χ1n) is 9.55. The average molecular weight is 337 g/mol. The van der Waals surface area contributed by atoms with E-state index in [0.717, 1.165) is 29.9 Å². The number of anilines is 1. The molecule has 0 saturated carbocycles. The number of likely N-dealkylation sites (tertiary alicyclic amines) is 1. The van der Waals surface area contributed by atoms with Crippen LogP contribution in [0.2, 0.25) is 0 Å². The van der Waals surface area contributed by atoms with Gasteiger partial charge < -0.3 is 10.2 Å². The second-order valence-corrected chi connectivity index (χ2v) is 7.05. The molecule has 2 N–H and O–H groups in total. The Morgan fingerprint density at radius 3 is 2.20 bits per heavy atom. The van der Waals surface area contributed by atoms with Gasteiger partial charge in [0.25, 0.3) is 5.91 Å². The van der Waals surface area contributed by atoms with Crippen LogP contribution in [0.1, 0.15) is 39.0 Å². The molecule has 0 aromatic heterocycles. The van der Waals surface area contributed by atoms with Crippen LogP contribution in [0.5, 0.6) is 0 Å². The number of hydrogen-bond acceptors (Lipinski definition) is 1. The normalized spacial score (nSPS) is 17.3. The van der Waals surface area contributed by atoms with Crippen molar-refractivity contribution in [2.75, 3.05) is 18.4 Å². The number of hydrogen-bond donors (Lipinski definition) is 2. The van der Waals surface area contributed by atoms with Crippen LogP contribution in [0.15, 0.2) is 54.6 Å². The highest BCUT2D eigenvalue weighted by molar-refractivity contribution is 5.97. The van der Waals surface area contributed by atoms with Crippen LogP contribution >= 0.6 is 0 Å². The van der Waals surface area contributed by atoms with Crippen molar-refractivity contribution in [2.45, 2.75) is 45.1 Å². The zero-order valence-corrected chi connectivity index (χ0v) is 15.1. The van der Waals surface area contributed by atoms with Gasteiger partial charge in [-0.25, -0.2) is 0 Å². The maximum Gasteiger partial charge on any atom is 0.282 e. The quantitative estimate of drug-likeness (QED) is 0.879. The number of para-hydroxylation sites is 1. The Bertz CT molecular complexity index is 675. The van der Waals surface area contributed by atoms with Crippen molar-refractivity contribution >= 4 is 11.6 Å². The molecule has 3 heteroatoms. The summed E-state index contributed by atoms with van der Waals surface area (Å²) in [5.74, 6) is 0.124. The van der Waals surface area contributed by atoms with Gasteiger partial charge in [-0.3, -0.25) is 4.79 Å². The fraction of sp³-hybridized carbons (Fsp3) is 0.409. The molecular weight excluding hydrogens is 308 g/mol. The minimum absolute atomic E-state index is 0.0121. The first-order valence-corrected chi connectivity index (χ1v) is 9.55. The van der Waals surface area contributed by atoms with Crippen molar-refractivity contribution in [3.8, 4) is 11.1 Å². The molecule has 1 saturated heterocycles. The van der Waals surface area contributed by atoms with E-state index in [1.807, 2.05) is 36.4 Å². The van der Waals surface area contributed by atoms with Gasteiger partial charge in [0.2, 0.25) is 0 Å². The highest BCUT2D eigenvalue weighted by Crippen LogP contribution is 2.27. The van der Waals surface area contributed by atoms with E-state index in [0.29, 0.717) is 0 Å². The molecule has 3 nitrogen and oxygen atoms in total. The van der Waals surface area contributed by atoms with Crippen LogP contribution in [0.3, 0.4) is 0 Å². The van der Waals surface area contributed by atoms with Crippen LogP contribution < -0.4 is 10.2 Å². The third-order valence-electron chi connectivity index (χ3n) is 5.27. The van der Waals surface area contributed by atoms with Crippen molar-refractivity contribution < 1.29 is 9.69 Å². The van der Waals surface area contributed by atoms with E-state index in [-0.39, 0.29) is 11.9 Å². The minimum atomic E-state index is -0.0121. The van der Waals surface area contributed by atoms with Crippen molar-refractivity contribution in [3.63, 3.8) is 0 Å². The molecule has 1 aliphatic rings. The Balaban J connectivity index is 1.72. The highest BCUT2D eigenvalue weighted by Gasteiger charge is 2.25. The maximum atomic E-state index is 12.9. The Morgan fingerprint density at radius 1 is 0.880 bits per heavy atom. The van der Waals surface area contributed by atoms with Gasteiger partial charge >= 0.3 is 0 Å². The molecule has 2 aromatic rings. The monoisotopic (exact) mass is 337 g/mol. The minimum Gasteiger partial charge on any atom is -0.325 e. The van der Waals surface area contributed by atoms with E-state index >= 15 is 0 Å². The van der Waals surface area contributed by atoms with Gasteiger partial charge in [0.1, 0.15) is 0 Å². The lowest BCUT2D eigenvalue weighted by molar-refractivity contribution is -0.914. The summed E-state index contributed by atoms with van der Waals surface area (Å²) in [6.07, 6.45) is 6.41. The Morgan fingerprint density at radius 2 is 1.48 bits per heavy atom. The van der Waals surface area contributed by atoms with Crippen LogP contribution in [0, 0.1) is 0 Å². The maximum absolute atomic E-state index is 12.9. The predicted molar refractivity (Wildman–Crippen MR) is 104 cm³/mol. The summed E-state index contributed by atoms with van der Waals surface area (Å²) >= 11 is 0. The molecule has 1 aliphatic heterocycles. The Labute approximate surface area is 151 Å². The van der Waals surface area contributed by atoms with Crippen LogP contribution in [0.4, 0.5) is 5.69 Å². The van der Waals surface area contributed by atoms with Gasteiger partial charge in [0, 0.05) is 11.3 Å². The molecule has 3 rings (SSSR count). The first kappa shape index (κ1) is 17.7. The number of nitrogens with one attached hydrogen (secondary N) is 2. The molecule has 0 radical (unpaired) electrons. The van der Waals surface area contributed by atoms with Gasteiger partial charge in [-0.15, -0.1) is 0 Å². The first-order chi connectivity index (χ1) is 12.3. The number of carbonyl (C=O) groups excluding carboxylic acids is 1. The molecule has 1 amide bonds. The fourth-order valence-corrected chi connectivity index (χ4v) is 3.68. The lowest BCUT2D eigenvalue weighted by Crippen LogP contribution is -3.16. The zero-order valence-electron chi connectivity index (χ0n) is 15.1. The lowest BCUT2D eigenvalue weighted by Gasteiger charge is -2.27. The lowest BCUT2D eigenvalue weighted by atomic mass is 10.0. The summed E-state index contributed by atoms with van der Waals surface area (Å²) in [7, 11) is 0. The Kier molecular flexibility index (Phi) is 6.24. The molecule has 132 valence electrons. The van der Waals surface area contributed by atoms with Crippen LogP contribution in [-0.2, 0) is 4.79 Å². The van der Waals surface area contributed by atoms with Crippen molar-refractivity contribution in [3.05, 3.63) is 54.6 Å². The summed E-state index contributed by atoms with van der Waals surface area (Å²) in [6.45, 7) is 4.28. The summed E-state index contributed by atoms with van der Waals surface area (Å²) in [6, 6.07) is 18.3. The third kappa shape index (κ3) is 4.70. The van der Waals surface area contributed by atoms with E-state index in [4.69, 9.17) is 0 Å². The summed E-state index contributed by atoms with van der Waals surface area (Å²) in [5, 5.41) is 3.18. The van der Waals surface area contributed by atoms with E-state index in [1.54, 1.807) is 0 Å². The second kappa shape index (κ2) is 8.82. The largest absolute Gasteiger partial charge is 0.325 e. The fourth-order valence-electron chi connectivity index (χ4n) is 3.68. The molecule has 1 fully saturated rings. The molecule has 1 heterocycles. The summed E-state index contributed by atoms with van der Waals surface area (Å²) in [5.41, 5.74) is 3.10. The van der Waals surface area contributed by atoms with Crippen LogP contribution in [-0.4, -0.2) is 25.0 Å². The molecule has 25 heavy (non-hydrogen) atoms. The average Bonchev–Trinajstić information content (AvgIpc) is 2.62. The number of amides is 1.